The van der Waals surface area contributed by atoms with Gasteiger partial charge in [-0.3, -0.25) is 4.79 Å². The predicted molar refractivity (Wildman–Crippen MR) is 157 cm³/mol. The number of benzene rings is 1. The van der Waals surface area contributed by atoms with E-state index in [1.807, 2.05) is 0 Å². The number of aromatic amines is 1. The number of aromatic carboxylic acids is 1. The Morgan fingerprint density at radius 3 is 2.69 bits per heavy atom. The molecule has 42 heavy (non-hydrogen) atoms. The number of anilines is 2. The van der Waals surface area contributed by atoms with Gasteiger partial charge in [0.2, 0.25) is 5.43 Å². The van der Waals surface area contributed by atoms with E-state index in [4.69, 9.17) is 0 Å². The van der Waals surface area contributed by atoms with Crippen molar-refractivity contribution in [1.29, 1.82) is 0 Å². The zero-order valence-corrected chi connectivity index (χ0v) is 23.5. The summed E-state index contributed by atoms with van der Waals surface area (Å²) in [5, 5.41) is 13.2. The number of hydrogen-bond acceptors (Lipinski definition) is 7. The maximum Gasteiger partial charge on any atom is 0.341 e. The number of H-pyrrole nitrogens is 1. The number of aryl methyl sites for hydroxylation is 1. The van der Waals surface area contributed by atoms with E-state index in [0.717, 1.165) is 25.5 Å². The topological polar surface area (TPSA) is 119 Å². The van der Waals surface area contributed by atoms with Crippen molar-refractivity contribution in [3.63, 3.8) is 0 Å². The first kappa shape index (κ1) is 26.3. The summed E-state index contributed by atoms with van der Waals surface area (Å²) in [6.45, 7) is 1.42. The van der Waals surface area contributed by atoms with Crippen LogP contribution in [0.1, 0.15) is 23.2 Å². The smallest absolute Gasteiger partial charge is 0.341 e. The Bertz CT molecular complexity index is 2040. The number of carboxylic acids is 1. The molecule has 1 saturated heterocycles. The van der Waals surface area contributed by atoms with Crippen LogP contribution in [0.5, 0.6) is 0 Å². The van der Waals surface area contributed by atoms with Gasteiger partial charge in [0.05, 0.1) is 33.1 Å². The molecule has 2 aliphatic rings. The molecule has 0 radical (unpaired) electrons. The second kappa shape index (κ2) is 8.96. The summed E-state index contributed by atoms with van der Waals surface area (Å²) < 4.78 is 32.1. The average molecular weight is 574 g/mol. The first-order valence-corrected chi connectivity index (χ1v) is 13.7. The molecule has 2 fully saturated rings. The van der Waals surface area contributed by atoms with E-state index >= 15 is 4.39 Å². The first-order valence-electron chi connectivity index (χ1n) is 13.7. The van der Waals surface area contributed by atoms with Gasteiger partial charge in [-0.15, -0.1) is 0 Å². The summed E-state index contributed by atoms with van der Waals surface area (Å²) in [4.78, 5) is 41.7. The number of fused-ring (bicyclic) bond motifs is 4. The monoisotopic (exact) mass is 573 g/mol. The molecule has 1 saturated carbocycles. The van der Waals surface area contributed by atoms with Gasteiger partial charge in [-0.05, 0) is 33.0 Å². The Kier molecular flexibility index (Phi) is 5.62. The molecule has 1 aromatic carbocycles. The van der Waals surface area contributed by atoms with Crippen LogP contribution >= 0.6 is 0 Å². The molecule has 12 heteroatoms. The number of carbonyl (C=O) groups is 1. The predicted octanol–water partition coefficient (Wildman–Crippen LogP) is 4.18. The fourth-order valence-electron chi connectivity index (χ4n) is 6.92. The highest BCUT2D eigenvalue weighted by Gasteiger charge is 2.58. The summed E-state index contributed by atoms with van der Waals surface area (Å²) in [7, 11) is 7.41. The van der Waals surface area contributed by atoms with Crippen LogP contribution in [0.2, 0.25) is 0 Å². The Balaban J connectivity index is 1.53. The fourth-order valence-corrected chi connectivity index (χ4v) is 6.92. The van der Waals surface area contributed by atoms with Crippen molar-refractivity contribution >= 4 is 50.3 Å². The molecule has 1 aliphatic carbocycles. The normalized spacial score (nSPS) is 20.1. The highest BCUT2D eigenvalue weighted by Crippen LogP contribution is 2.57. The van der Waals surface area contributed by atoms with Gasteiger partial charge in [0.25, 0.3) is 0 Å². The number of rotatable bonds is 5. The standard InChI is InChI=1S/C30H29F2N7O3/c1-33-19-8-18(31)23(32)21-22-25(39-6-5-30(13-39)9-20(30)37(2)3)16(11-34-27(22)36-24(19)21)14-7-15-26(40)17(29(41)42)12-38(4)28(15)35-10-14/h7-8,10-12,20,33H,5-6,9,13H2,1-4H3,(H,34,36)(H,41,42)/t20-,30?/m1/s1. The Hall–Kier alpha value is -4.58. The molecular formula is C30H29F2N7O3. The Morgan fingerprint density at radius 1 is 1.21 bits per heavy atom. The molecule has 7 rings (SSSR count). The third-order valence-electron chi connectivity index (χ3n) is 9.06. The van der Waals surface area contributed by atoms with Gasteiger partial charge < -0.3 is 29.8 Å². The number of hydrogen-bond donors (Lipinski definition) is 3. The van der Waals surface area contributed by atoms with Crippen molar-refractivity contribution < 1.29 is 18.7 Å². The molecule has 10 nitrogen and oxygen atoms in total. The molecule has 2 atom stereocenters. The summed E-state index contributed by atoms with van der Waals surface area (Å²) in [5.41, 5.74) is 2.41. The minimum Gasteiger partial charge on any atom is -0.477 e. The van der Waals surface area contributed by atoms with Crippen LogP contribution in [0.4, 0.5) is 20.2 Å². The molecule has 0 amide bonds. The first-order chi connectivity index (χ1) is 20.0. The molecular weight excluding hydrogens is 544 g/mol. The van der Waals surface area contributed by atoms with Crippen LogP contribution in [-0.4, -0.2) is 75.8 Å². The van der Waals surface area contributed by atoms with Crippen LogP contribution in [0.25, 0.3) is 44.1 Å². The molecule has 5 aromatic rings. The van der Waals surface area contributed by atoms with Gasteiger partial charge in [-0.1, -0.05) is 0 Å². The maximum atomic E-state index is 15.6. The lowest BCUT2D eigenvalue weighted by Crippen LogP contribution is -2.26. The van der Waals surface area contributed by atoms with E-state index in [-0.39, 0.29) is 21.8 Å². The number of aromatic nitrogens is 4. The molecule has 4 aromatic heterocycles. The Labute approximate surface area is 238 Å². The molecule has 1 aliphatic heterocycles. The van der Waals surface area contributed by atoms with Crippen LogP contribution in [-0.2, 0) is 7.05 Å². The van der Waals surface area contributed by atoms with Crippen molar-refractivity contribution in [1.82, 2.24) is 24.4 Å². The molecule has 1 unspecified atom stereocenters. The number of carboxylic acid groups (broad SMARTS) is 1. The van der Waals surface area contributed by atoms with Gasteiger partial charge in [-0.25, -0.2) is 23.5 Å². The zero-order valence-electron chi connectivity index (χ0n) is 23.5. The van der Waals surface area contributed by atoms with Gasteiger partial charge in [-0.2, -0.15) is 0 Å². The van der Waals surface area contributed by atoms with Crippen LogP contribution in [0.15, 0.2) is 35.5 Å². The minimum absolute atomic E-state index is 0.0936. The third kappa shape index (κ3) is 3.64. The van der Waals surface area contributed by atoms with Crippen molar-refractivity contribution in [2.45, 2.75) is 18.9 Å². The van der Waals surface area contributed by atoms with Crippen molar-refractivity contribution in [3.05, 3.63) is 58.1 Å². The van der Waals surface area contributed by atoms with E-state index in [2.05, 4.69) is 44.2 Å². The van der Waals surface area contributed by atoms with Gasteiger partial charge in [0.15, 0.2) is 11.6 Å². The quantitative estimate of drug-likeness (QED) is 0.287. The molecule has 3 N–H and O–H groups in total. The highest BCUT2D eigenvalue weighted by atomic mass is 19.2. The molecule has 1 spiro atoms. The lowest BCUT2D eigenvalue weighted by Gasteiger charge is -2.24. The SMILES string of the molecule is CNc1cc(F)c(F)c2c1[nH]c1ncc(-c3cnc4c(c3)c(=O)c(C(=O)O)cn4C)c(N3CCC4(C[C@H]4N(C)C)C3)c12. The molecule has 216 valence electrons. The second-order valence-corrected chi connectivity index (χ2v) is 11.7. The fraction of sp³-hybridized carbons (Fsp3) is 0.333. The summed E-state index contributed by atoms with van der Waals surface area (Å²) >= 11 is 0. The number of halogens is 2. The average Bonchev–Trinajstić information content (AvgIpc) is 3.30. The van der Waals surface area contributed by atoms with Crippen LogP contribution in [0.3, 0.4) is 0 Å². The third-order valence-corrected chi connectivity index (χ3v) is 9.06. The zero-order chi connectivity index (χ0) is 29.7. The highest BCUT2D eigenvalue weighted by molar-refractivity contribution is 6.18. The van der Waals surface area contributed by atoms with E-state index in [9.17, 15) is 19.1 Å². The van der Waals surface area contributed by atoms with Crippen LogP contribution in [0, 0.1) is 17.0 Å². The van der Waals surface area contributed by atoms with E-state index in [0.29, 0.717) is 57.3 Å². The maximum absolute atomic E-state index is 15.6. The largest absolute Gasteiger partial charge is 0.477 e. The number of pyridine rings is 3. The lowest BCUT2D eigenvalue weighted by atomic mass is 10.0. The molecule has 5 heterocycles. The Morgan fingerprint density at radius 2 is 2.00 bits per heavy atom. The summed E-state index contributed by atoms with van der Waals surface area (Å²) in [5.74, 6) is -3.28. The minimum atomic E-state index is -1.33. The van der Waals surface area contributed by atoms with Crippen molar-refractivity contribution in [3.8, 4) is 11.1 Å². The summed E-state index contributed by atoms with van der Waals surface area (Å²) in [6.07, 6.45) is 6.49. The van der Waals surface area contributed by atoms with Gasteiger partial charge in [0, 0.05) is 74.4 Å². The van der Waals surface area contributed by atoms with Crippen LogP contribution < -0.4 is 15.6 Å². The lowest BCUT2D eigenvalue weighted by molar-refractivity contribution is 0.0695. The van der Waals surface area contributed by atoms with E-state index < -0.39 is 23.0 Å². The number of nitrogens with zero attached hydrogens (tertiary/aromatic N) is 5. The van der Waals surface area contributed by atoms with E-state index in [1.165, 1.54) is 10.8 Å². The van der Waals surface area contributed by atoms with Crippen molar-refractivity contribution in [2.24, 2.45) is 12.5 Å². The molecule has 0 bridgehead atoms. The number of nitrogens with one attached hydrogen (secondary N) is 2. The van der Waals surface area contributed by atoms with Gasteiger partial charge in [0.1, 0.15) is 16.9 Å². The van der Waals surface area contributed by atoms with E-state index in [1.54, 1.807) is 32.6 Å². The second-order valence-electron chi connectivity index (χ2n) is 11.7. The van der Waals surface area contributed by atoms with Gasteiger partial charge >= 0.3 is 5.97 Å². The summed E-state index contributed by atoms with van der Waals surface area (Å²) in [6, 6.07) is 3.16. The van der Waals surface area contributed by atoms with Crippen molar-refractivity contribution in [2.75, 3.05) is 44.4 Å².